The second-order valence-corrected chi connectivity index (χ2v) is 9.49. The first-order chi connectivity index (χ1) is 20.0. The van der Waals surface area contributed by atoms with Crippen LogP contribution >= 0.6 is 0 Å². The number of amides is 3. The first-order valence-corrected chi connectivity index (χ1v) is 12.9. The third kappa shape index (κ3) is 9.74. The molecule has 0 aliphatic heterocycles. The Bertz CT molecular complexity index is 1350. The van der Waals surface area contributed by atoms with Gasteiger partial charge in [-0.05, 0) is 24.1 Å². The number of carboxylic acid groups (broad SMARTS) is 2. The second-order valence-electron chi connectivity index (χ2n) is 9.49. The van der Waals surface area contributed by atoms with E-state index in [1.807, 2.05) is 0 Å². The summed E-state index contributed by atoms with van der Waals surface area (Å²) in [6.07, 6.45) is 4.80. The van der Waals surface area contributed by atoms with E-state index in [-0.39, 0.29) is 37.9 Å². The number of nitrogens with zero attached hydrogens (tertiary/aromatic N) is 2. The van der Waals surface area contributed by atoms with Gasteiger partial charge in [-0.1, -0.05) is 12.1 Å². The number of rotatable bonds is 16. The van der Waals surface area contributed by atoms with Gasteiger partial charge in [0.05, 0.1) is 18.7 Å². The van der Waals surface area contributed by atoms with Crippen LogP contribution in [-0.4, -0.2) is 89.1 Å². The van der Waals surface area contributed by atoms with Crippen LogP contribution in [0.5, 0.6) is 5.75 Å². The van der Waals surface area contributed by atoms with Crippen LogP contribution in [0, 0.1) is 0 Å². The lowest BCUT2D eigenvalue weighted by Gasteiger charge is -2.25. The Morgan fingerprint density at radius 3 is 1.76 bits per heavy atom. The summed E-state index contributed by atoms with van der Waals surface area (Å²) >= 11 is 0. The number of nitrogens with two attached hydrogens (primary N) is 1. The first kappa shape index (κ1) is 31.3. The van der Waals surface area contributed by atoms with E-state index in [4.69, 9.17) is 10.8 Å². The van der Waals surface area contributed by atoms with Crippen LogP contribution in [0.2, 0.25) is 0 Å². The molecule has 0 bridgehead atoms. The van der Waals surface area contributed by atoms with Crippen molar-refractivity contribution in [1.82, 2.24) is 35.9 Å². The summed E-state index contributed by atoms with van der Waals surface area (Å²) in [6.45, 7) is 0. The van der Waals surface area contributed by atoms with Gasteiger partial charge in [-0.2, -0.15) is 0 Å². The van der Waals surface area contributed by atoms with Gasteiger partial charge in [0.1, 0.15) is 23.9 Å². The van der Waals surface area contributed by atoms with E-state index >= 15 is 0 Å². The Morgan fingerprint density at radius 2 is 1.26 bits per heavy atom. The Hall–Kier alpha value is -5.25. The van der Waals surface area contributed by atoms with E-state index < -0.39 is 53.8 Å². The lowest BCUT2D eigenvalue weighted by atomic mass is 10.0. The Morgan fingerprint density at radius 1 is 0.762 bits per heavy atom. The summed E-state index contributed by atoms with van der Waals surface area (Å²) in [5.41, 5.74) is 7.31. The van der Waals surface area contributed by atoms with E-state index in [1.54, 1.807) is 0 Å². The minimum absolute atomic E-state index is 0.0149. The number of aromatic hydroxyl groups is 1. The number of nitrogens with one attached hydrogen (secondary N) is 5. The van der Waals surface area contributed by atoms with Gasteiger partial charge < -0.3 is 47.0 Å². The number of phenols is 1. The molecule has 0 saturated heterocycles. The Balaban J connectivity index is 1.80. The molecule has 224 valence electrons. The van der Waals surface area contributed by atoms with E-state index in [2.05, 4.69) is 35.9 Å². The smallest absolute Gasteiger partial charge is 0.326 e. The van der Waals surface area contributed by atoms with E-state index in [0.29, 0.717) is 17.0 Å². The molecule has 0 saturated carbocycles. The molecular weight excluding hydrogens is 552 g/mol. The minimum Gasteiger partial charge on any atom is -0.508 e. The standard InChI is InChI=1S/C26H32N8O8/c27-18(5-6-22(36)37)23(38)32-19(7-14-1-3-17(35)4-2-14)24(39)33-20(8-15-10-28-12-30-15)25(40)34-21(26(41)42)9-16-11-29-13-31-16/h1-4,10-13,18-21,35H,5-9,27H2,(H,28,30)(H,29,31)(H,32,38)(H,33,39)(H,34,40)(H,36,37)(H,41,42). The molecule has 4 unspecified atom stereocenters. The van der Waals surface area contributed by atoms with Crippen molar-refractivity contribution in [2.45, 2.75) is 56.3 Å². The van der Waals surface area contributed by atoms with Gasteiger partial charge in [0.2, 0.25) is 17.7 Å². The molecule has 16 heteroatoms. The maximum atomic E-state index is 13.5. The largest absolute Gasteiger partial charge is 0.508 e. The van der Waals surface area contributed by atoms with Crippen molar-refractivity contribution in [3.8, 4) is 5.75 Å². The van der Waals surface area contributed by atoms with Gasteiger partial charge in [-0.3, -0.25) is 19.2 Å². The molecule has 0 aliphatic carbocycles. The minimum atomic E-state index is -1.35. The lowest BCUT2D eigenvalue weighted by molar-refractivity contribution is -0.142. The highest BCUT2D eigenvalue weighted by atomic mass is 16.4. The fourth-order valence-electron chi connectivity index (χ4n) is 3.95. The van der Waals surface area contributed by atoms with E-state index in [0.717, 1.165) is 0 Å². The van der Waals surface area contributed by atoms with Gasteiger partial charge >= 0.3 is 11.9 Å². The van der Waals surface area contributed by atoms with Crippen LogP contribution in [0.1, 0.15) is 29.8 Å². The second kappa shape index (κ2) is 14.9. The van der Waals surface area contributed by atoms with Crippen LogP contribution in [0.4, 0.5) is 0 Å². The molecule has 1 aromatic carbocycles. The first-order valence-electron chi connectivity index (χ1n) is 12.9. The van der Waals surface area contributed by atoms with Crippen molar-refractivity contribution in [3.05, 3.63) is 66.3 Å². The van der Waals surface area contributed by atoms with Gasteiger partial charge in [0.25, 0.3) is 0 Å². The highest BCUT2D eigenvalue weighted by Crippen LogP contribution is 2.12. The highest BCUT2D eigenvalue weighted by molar-refractivity contribution is 5.94. The van der Waals surface area contributed by atoms with Crippen LogP contribution in [0.15, 0.2) is 49.3 Å². The average Bonchev–Trinajstić information content (AvgIpc) is 3.66. The van der Waals surface area contributed by atoms with Crippen LogP contribution in [0.3, 0.4) is 0 Å². The van der Waals surface area contributed by atoms with Gasteiger partial charge in [0, 0.05) is 49.5 Å². The van der Waals surface area contributed by atoms with Gasteiger partial charge in [0.15, 0.2) is 0 Å². The van der Waals surface area contributed by atoms with Crippen molar-refractivity contribution in [2.24, 2.45) is 5.73 Å². The van der Waals surface area contributed by atoms with Crippen molar-refractivity contribution in [1.29, 1.82) is 0 Å². The monoisotopic (exact) mass is 584 g/mol. The maximum Gasteiger partial charge on any atom is 0.326 e. The number of hydrogen-bond donors (Lipinski definition) is 9. The predicted octanol–water partition coefficient (Wildman–Crippen LogP) is -1.40. The lowest BCUT2D eigenvalue weighted by Crippen LogP contribution is -2.58. The van der Waals surface area contributed by atoms with Crippen molar-refractivity contribution in [2.75, 3.05) is 0 Å². The molecule has 10 N–H and O–H groups in total. The summed E-state index contributed by atoms with van der Waals surface area (Å²) in [5, 5.41) is 35.7. The molecule has 2 heterocycles. The Kier molecular flexibility index (Phi) is 11.1. The molecular formula is C26H32N8O8. The number of hydrogen-bond acceptors (Lipinski definition) is 9. The maximum absolute atomic E-state index is 13.5. The number of carbonyl (C=O) groups is 5. The molecule has 3 amide bonds. The van der Waals surface area contributed by atoms with Crippen molar-refractivity contribution in [3.63, 3.8) is 0 Å². The van der Waals surface area contributed by atoms with Crippen LogP contribution < -0.4 is 21.7 Å². The third-order valence-corrected chi connectivity index (χ3v) is 6.22. The zero-order valence-corrected chi connectivity index (χ0v) is 22.3. The molecule has 0 radical (unpaired) electrons. The number of benzene rings is 1. The van der Waals surface area contributed by atoms with E-state index in [1.165, 1.54) is 49.3 Å². The number of H-pyrrole nitrogens is 2. The summed E-state index contributed by atoms with van der Waals surface area (Å²) < 4.78 is 0. The zero-order chi connectivity index (χ0) is 30.6. The molecule has 0 spiro atoms. The van der Waals surface area contributed by atoms with Gasteiger partial charge in [-0.15, -0.1) is 0 Å². The molecule has 16 nitrogen and oxygen atoms in total. The SMILES string of the molecule is NC(CCC(=O)O)C(=O)NC(Cc1ccc(O)cc1)C(=O)NC(Cc1cnc[nH]1)C(=O)NC(Cc1cnc[nH]1)C(=O)O. The topological polar surface area (TPSA) is 266 Å². The molecule has 4 atom stereocenters. The highest BCUT2D eigenvalue weighted by Gasteiger charge is 2.31. The fraction of sp³-hybridized carbons (Fsp3) is 0.346. The molecule has 0 fully saturated rings. The number of phenolic OH excluding ortho intramolecular Hbond substituents is 1. The zero-order valence-electron chi connectivity index (χ0n) is 22.3. The molecule has 42 heavy (non-hydrogen) atoms. The quantitative estimate of drug-likeness (QED) is 0.0944. The number of carbonyl (C=O) groups excluding carboxylic acids is 3. The fourth-order valence-corrected chi connectivity index (χ4v) is 3.95. The number of aromatic nitrogens is 4. The van der Waals surface area contributed by atoms with Gasteiger partial charge in [-0.25, -0.2) is 14.8 Å². The number of aromatic amines is 2. The van der Waals surface area contributed by atoms with Crippen LogP contribution in [-0.2, 0) is 43.2 Å². The molecule has 2 aromatic heterocycles. The Labute approximate surface area is 239 Å². The molecule has 3 aromatic rings. The summed E-state index contributed by atoms with van der Waals surface area (Å²) in [4.78, 5) is 75.7. The number of carboxylic acids is 2. The predicted molar refractivity (Wildman–Crippen MR) is 145 cm³/mol. The third-order valence-electron chi connectivity index (χ3n) is 6.22. The summed E-state index contributed by atoms with van der Waals surface area (Å²) in [6, 6.07) is 0.729. The summed E-state index contributed by atoms with van der Waals surface area (Å²) in [5.74, 6) is -4.84. The van der Waals surface area contributed by atoms with Crippen LogP contribution in [0.25, 0.3) is 0 Å². The average molecular weight is 585 g/mol. The number of aliphatic carboxylic acids is 2. The molecule has 0 aliphatic rings. The van der Waals surface area contributed by atoms with Crippen molar-refractivity contribution < 1.29 is 39.3 Å². The normalized spacial score (nSPS) is 13.7. The summed E-state index contributed by atoms with van der Waals surface area (Å²) in [7, 11) is 0. The van der Waals surface area contributed by atoms with E-state index in [9.17, 15) is 34.2 Å². The number of imidazole rings is 2. The van der Waals surface area contributed by atoms with Crippen molar-refractivity contribution >= 4 is 29.7 Å². The molecule has 3 rings (SSSR count).